The van der Waals surface area contributed by atoms with Gasteiger partial charge in [-0.1, -0.05) is 19.8 Å². The molecule has 2 fully saturated rings. The summed E-state index contributed by atoms with van der Waals surface area (Å²) in [5.74, 6) is -0.236. The van der Waals surface area contributed by atoms with Crippen molar-refractivity contribution >= 4 is 11.9 Å². The van der Waals surface area contributed by atoms with Crippen LogP contribution in [0, 0.1) is 5.92 Å². The van der Waals surface area contributed by atoms with Gasteiger partial charge in [0.15, 0.2) is 0 Å². The number of carbonyl (C=O) groups is 2. The predicted octanol–water partition coefficient (Wildman–Crippen LogP) is 1.62. The number of piperidine rings is 1. The maximum Gasteiger partial charge on any atom is 0.320 e. The van der Waals surface area contributed by atoms with E-state index in [1.54, 1.807) is 0 Å². The van der Waals surface area contributed by atoms with Crippen LogP contribution in [-0.4, -0.2) is 47.1 Å². The first-order chi connectivity index (χ1) is 9.63. The van der Waals surface area contributed by atoms with E-state index >= 15 is 0 Å². The number of nitrogens with zero attached hydrogens (tertiary/aromatic N) is 1. The number of fused-ring (bicyclic) bond motifs is 1. The Bertz CT molecular complexity index is 359. The van der Waals surface area contributed by atoms with Gasteiger partial charge in [-0.3, -0.25) is 14.5 Å². The smallest absolute Gasteiger partial charge is 0.320 e. The Morgan fingerprint density at radius 3 is 2.65 bits per heavy atom. The van der Waals surface area contributed by atoms with E-state index in [9.17, 15) is 14.7 Å². The lowest BCUT2D eigenvalue weighted by atomic mass is 9.76. The zero-order chi connectivity index (χ0) is 14.5. The van der Waals surface area contributed by atoms with Crippen LogP contribution in [0.15, 0.2) is 0 Å². The molecule has 0 aromatic rings. The summed E-state index contributed by atoms with van der Waals surface area (Å²) < 4.78 is 0. The number of carbonyl (C=O) groups excluding carboxylic acids is 1. The fraction of sp³-hybridized carbons (Fsp3) is 0.867. The molecule has 1 heterocycles. The minimum Gasteiger partial charge on any atom is -0.480 e. The van der Waals surface area contributed by atoms with Crippen molar-refractivity contribution in [2.75, 3.05) is 13.1 Å². The van der Waals surface area contributed by atoms with Crippen molar-refractivity contribution in [2.24, 2.45) is 5.92 Å². The number of carboxylic acid groups (broad SMARTS) is 1. The summed E-state index contributed by atoms with van der Waals surface area (Å²) in [5, 5.41) is 12.3. The van der Waals surface area contributed by atoms with Crippen LogP contribution in [0.1, 0.15) is 51.9 Å². The van der Waals surface area contributed by atoms with E-state index in [2.05, 4.69) is 5.32 Å². The normalized spacial score (nSPS) is 30.6. The predicted molar refractivity (Wildman–Crippen MR) is 76.4 cm³/mol. The molecule has 0 spiro atoms. The molecule has 20 heavy (non-hydrogen) atoms. The number of carboxylic acids is 1. The fourth-order valence-electron chi connectivity index (χ4n) is 3.71. The van der Waals surface area contributed by atoms with Crippen LogP contribution in [0.2, 0.25) is 0 Å². The summed E-state index contributed by atoms with van der Waals surface area (Å²) in [4.78, 5) is 25.4. The molecule has 1 saturated heterocycles. The molecule has 114 valence electrons. The number of nitrogens with one attached hydrogen (secondary N) is 1. The molecule has 1 saturated carbocycles. The van der Waals surface area contributed by atoms with Gasteiger partial charge >= 0.3 is 5.97 Å². The van der Waals surface area contributed by atoms with E-state index in [4.69, 9.17) is 0 Å². The Kier molecular flexibility index (Phi) is 5.40. The highest BCUT2D eigenvalue weighted by Crippen LogP contribution is 2.37. The van der Waals surface area contributed by atoms with Gasteiger partial charge in [0.2, 0.25) is 5.91 Å². The molecule has 0 bridgehead atoms. The number of rotatable bonds is 5. The Morgan fingerprint density at radius 1 is 1.20 bits per heavy atom. The molecule has 2 N–H and O–H groups in total. The van der Waals surface area contributed by atoms with E-state index < -0.39 is 12.0 Å². The molecule has 1 aliphatic carbocycles. The van der Waals surface area contributed by atoms with Gasteiger partial charge in [-0.15, -0.1) is 0 Å². The molecule has 5 heteroatoms. The molecule has 3 atom stereocenters. The maximum atomic E-state index is 12.0. The van der Waals surface area contributed by atoms with Crippen LogP contribution in [0.5, 0.6) is 0 Å². The van der Waals surface area contributed by atoms with Gasteiger partial charge in [0.25, 0.3) is 0 Å². The van der Waals surface area contributed by atoms with E-state index in [0.717, 1.165) is 25.7 Å². The molecule has 3 unspecified atom stereocenters. The number of hydrogen-bond donors (Lipinski definition) is 2. The van der Waals surface area contributed by atoms with Crippen LogP contribution < -0.4 is 5.32 Å². The Hall–Kier alpha value is -1.10. The highest BCUT2D eigenvalue weighted by atomic mass is 16.4. The van der Waals surface area contributed by atoms with Gasteiger partial charge in [-0.05, 0) is 38.0 Å². The summed E-state index contributed by atoms with van der Waals surface area (Å²) in [5.41, 5.74) is 0. The highest BCUT2D eigenvalue weighted by Gasteiger charge is 2.41. The van der Waals surface area contributed by atoms with Crippen molar-refractivity contribution in [1.29, 1.82) is 0 Å². The second-order valence-electron chi connectivity index (χ2n) is 6.07. The summed E-state index contributed by atoms with van der Waals surface area (Å²) >= 11 is 0. The van der Waals surface area contributed by atoms with Crippen molar-refractivity contribution in [3.63, 3.8) is 0 Å². The Balaban J connectivity index is 2.04. The fourth-order valence-corrected chi connectivity index (χ4v) is 3.71. The average molecular weight is 282 g/mol. The summed E-state index contributed by atoms with van der Waals surface area (Å²) in [6.45, 7) is 2.91. The number of likely N-dealkylation sites (tertiary alicyclic amines) is 1. The average Bonchev–Trinajstić information content (AvgIpc) is 2.45. The number of hydrogen-bond acceptors (Lipinski definition) is 3. The molecule has 0 aromatic heterocycles. The third-order valence-corrected chi connectivity index (χ3v) is 4.69. The second kappa shape index (κ2) is 7.07. The topological polar surface area (TPSA) is 69.6 Å². The Labute approximate surface area is 120 Å². The van der Waals surface area contributed by atoms with Crippen molar-refractivity contribution < 1.29 is 14.7 Å². The first-order valence-electron chi connectivity index (χ1n) is 7.88. The molecular weight excluding hydrogens is 256 g/mol. The zero-order valence-electron chi connectivity index (χ0n) is 12.3. The van der Waals surface area contributed by atoms with E-state index in [-0.39, 0.29) is 18.5 Å². The quantitative estimate of drug-likeness (QED) is 0.804. The highest BCUT2D eigenvalue weighted by molar-refractivity contribution is 5.80. The Morgan fingerprint density at radius 2 is 1.95 bits per heavy atom. The molecule has 0 aromatic carbocycles. The molecule has 5 nitrogen and oxygen atoms in total. The summed E-state index contributed by atoms with van der Waals surface area (Å²) in [7, 11) is 0. The first kappa shape index (κ1) is 15.3. The number of amides is 1. The second-order valence-corrected chi connectivity index (χ2v) is 6.07. The molecule has 2 aliphatic rings. The van der Waals surface area contributed by atoms with Gasteiger partial charge in [0, 0.05) is 12.6 Å². The lowest BCUT2D eigenvalue weighted by Gasteiger charge is -2.46. The first-order valence-corrected chi connectivity index (χ1v) is 7.88. The largest absolute Gasteiger partial charge is 0.480 e. The summed E-state index contributed by atoms with van der Waals surface area (Å²) in [6.07, 6.45) is 7.20. The van der Waals surface area contributed by atoms with Crippen LogP contribution in [0.25, 0.3) is 0 Å². The lowest BCUT2D eigenvalue weighted by Crippen LogP contribution is -2.57. The van der Waals surface area contributed by atoms with Gasteiger partial charge < -0.3 is 10.4 Å². The van der Waals surface area contributed by atoms with Crippen LogP contribution in [-0.2, 0) is 9.59 Å². The standard InChI is InChI=1S/C15H26N2O3/c1-2-9-16-14(18)10-17-12-6-4-3-5-11(12)7-8-13(17)15(19)20/h11-13H,2-10H2,1H3,(H,16,18)(H,19,20). The number of aliphatic carboxylic acids is 1. The molecule has 1 aliphatic heterocycles. The SMILES string of the molecule is CCCNC(=O)CN1C(C(=O)O)CCC2CCCCC21. The van der Waals surface area contributed by atoms with Crippen molar-refractivity contribution in [3.8, 4) is 0 Å². The lowest BCUT2D eigenvalue weighted by molar-refractivity contribution is -0.149. The third-order valence-electron chi connectivity index (χ3n) is 4.69. The van der Waals surface area contributed by atoms with Crippen LogP contribution >= 0.6 is 0 Å². The monoisotopic (exact) mass is 282 g/mol. The maximum absolute atomic E-state index is 12.0. The van der Waals surface area contributed by atoms with E-state index in [1.807, 2.05) is 11.8 Å². The third kappa shape index (κ3) is 3.51. The van der Waals surface area contributed by atoms with Crippen LogP contribution in [0.3, 0.4) is 0 Å². The van der Waals surface area contributed by atoms with Gasteiger partial charge in [0.1, 0.15) is 6.04 Å². The van der Waals surface area contributed by atoms with Crippen molar-refractivity contribution in [3.05, 3.63) is 0 Å². The van der Waals surface area contributed by atoms with Crippen molar-refractivity contribution in [2.45, 2.75) is 64.0 Å². The molecule has 1 amide bonds. The van der Waals surface area contributed by atoms with Crippen LogP contribution in [0.4, 0.5) is 0 Å². The minimum atomic E-state index is -0.780. The molecule has 0 radical (unpaired) electrons. The van der Waals surface area contributed by atoms with Crippen molar-refractivity contribution in [1.82, 2.24) is 10.2 Å². The van der Waals surface area contributed by atoms with E-state index in [1.165, 1.54) is 12.8 Å². The summed E-state index contributed by atoms with van der Waals surface area (Å²) in [6, 6.07) is -0.201. The van der Waals surface area contributed by atoms with E-state index in [0.29, 0.717) is 18.9 Å². The minimum absolute atomic E-state index is 0.0377. The van der Waals surface area contributed by atoms with Gasteiger partial charge in [-0.2, -0.15) is 0 Å². The van der Waals surface area contributed by atoms with Gasteiger partial charge in [-0.25, -0.2) is 0 Å². The van der Waals surface area contributed by atoms with Gasteiger partial charge in [0.05, 0.1) is 6.54 Å². The molecule has 2 rings (SSSR count). The molecular formula is C15H26N2O3. The zero-order valence-corrected chi connectivity index (χ0v) is 12.3.